The highest BCUT2D eigenvalue weighted by molar-refractivity contribution is 5.97. The second-order valence-corrected chi connectivity index (χ2v) is 5.36. The summed E-state index contributed by atoms with van der Waals surface area (Å²) < 4.78 is 5.48. The van der Waals surface area contributed by atoms with Gasteiger partial charge in [-0.15, -0.1) is 0 Å². The molecule has 4 nitrogen and oxygen atoms in total. The molecule has 100 valence electrons. The number of esters is 1. The van der Waals surface area contributed by atoms with Crippen LogP contribution in [0.15, 0.2) is 30.3 Å². The second kappa shape index (κ2) is 4.68. The van der Waals surface area contributed by atoms with Gasteiger partial charge in [-0.05, 0) is 37.8 Å². The molecule has 4 heteroatoms. The van der Waals surface area contributed by atoms with Crippen molar-refractivity contribution in [3.63, 3.8) is 0 Å². The SMILES string of the molecule is O=C1C[C@@H](C(=O)Nc2ccccc2)C2(CCCC2)O1. The highest BCUT2D eigenvalue weighted by Crippen LogP contribution is 2.45. The molecule has 1 aromatic rings. The van der Waals surface area contributed by atoms with E-state index in [9.17, 15) is 9.59 Å². The van der Waals surface area contributed by atoms with E-state index in [-0.39, 0.29) is 24.2 Å². The minimum absolute atomic E-state index is 0.0982. The van der Waals surface area contributed by atoms with E-state index < -0.39 is 5.60 Å². The number of nitrogens with one attached hydrogen (secondary N) is 1. The number of rotatable bonds is 2. The normalized spacial score (nSPS) is 24.4. The van der Waals surface area contributed by atoms with Crippen molar-refractivity contribution in [3.8, 4) is 0 Å². The van der Waals surface area contributed by atoms with Gasteiger partial charge in [0.25, 0.3) is 0 Å². The summed E-state index contributed by atoms with van der Waals surface area (Å²) in [6, 6.07) is 9.33. The number of amides is 1. The maximum Gasteiger partial charge on any atom is 0.307 e. The van der Waals surface area contributed by atoms with Gasteiger partial charge >= 0.3 is 5.97 Å². The monoisotopic (exact) mass is 259 g/mol. The fourth-order valence-corrected chi connectivity index (χ4v) is 3.20. The Morgan fingerprint density at radius 3 is 2.58 bits per heavy atom. The van der Waals surface area contributed by atoms with Crippen molar-refractivity contribution < 1.29 is 14.3 Å². The molecule has 0 aromatic heterocycles. The molecule has 1 N–H and O–H groups in total. The van der Waals surface area contributed by atoms with Gasteiger partial charge in [0.05, 0.1) is 12.3 Å². The van der Waals surface area contributed by atoms with Crippen LogP contribution < -0.4 is 5.32 Å². The number of ether oxygens (including phenoxy) is 1. The molecule has 1 aromatic carbocycles. The zero-order valence-electron chi connectivity index (χ0n) is 10.7. The molecule has 1 heterocycles. The Labute approximate surface area is 112 Å². The standard InChI is InChI=1S/C15H17NO3/c17-13-10-12(15(19-13)8-4-5-9-15)14(18)16-11-6-2-1-3-7-11/h1-3,6-7,12H,4-5,8-10H2,(H,16,18)/t12-/m0/s1. The number of para-hydroxylation sites is 1. The number of anilines is 1. The molecule has 1 saturated carbocycles. The summed E-state index contributed by atoms with van der Waals surface area (Å²) in [6.07, 6.45) is 3.89. The molecule has 0 radical (unpaired) electrons. The Balaban J connectivity index is 1.77. The molecule has 1 spiro atoms. The van der Waals surface area contributed by atoms with Gasteiger partial charge in [-0.25, -0.2) is 0 Å². The van der Waals surface area contributed by atoms with E-state index in [1.54, 1.807) is 0 Å². The topological polar surface area (TPSA) is 55.4 Å². The lowest BCUT2D eigenvalue weighted by atomic mass is 9.85. The largest absolute Gasteiger partial charge is 0.458 e. The van der Waals surface area contributed by atoms with Crippen LogP contribution >= 0.6 is 0 Å². The van der Waals surface area contributed by atoms with Crippen LogP contribution in [0.2, 0.25) is 0 Å². The molecule has 3 rings (SSSR count). The lowest BCUT2D eigenvalue weighted by Gasteiger charge is -2.27. The Kier molecular flexibility index (Phi) is 3.01. The maximum absolute atomic E-state index is 12.4. The van der Waals surface area contributed by atoms with Crippen LogP contribution in [0.25, 0.3) is 0 Å². The Morgan fingerprint density at radius 1 is 1.21 bits per heavy atom. The first-order valence-electron chi connectivity index (χ1n) is 6.77. The molecule has 0 bridgehead atoms. The fourth-order valence-electron chi connectivity index (χ4n) is 3.20. The van der Waals surface area contributed by atoms with Crippen LogP contribution in [-0.4, -0.2) is 17.5 Å². The molecule has 1 saturated heterocycles. The smallest absolute Gasteiger partial charge is 0.307 e. The van der Waals surface area contributed by atoms with Gasteiger partial charge in [-0.1, -0.05) is 18.2 Å². The zero-order valence-corrected chi connectivity index (χ0v) is 10.7. The average molecular weight is 259 g/mol. The number of carbonyl (C=O) groups excluding carboxylic acids is 2. The molecule has 1 amide bonds. The van der Waals surface area contributed by atoms with E-state index in [1.807, 2.05) is 30.3 Å². The van der Waals surface area contributed by atoms with E-state index in [1.165, 1.54) is 0 Å². The van der Waals surface area contributed by atoms with Crippen molar-refractivity contribution >= 4 is 17.6 Å². The molecule has 1 aliphatic heterocycles. The van der Waals surface area contributed by atoms with Gasteiger partial charge in [0.15, 0.2) is 0 Å². The van der Waals surface area contributed by atoms with Crippen LogP contribution in [-0.2, 0) is 14.3 Å². The third kappa shape index (κ3) is 2.23. The predicted molar refractivity (Wildman–Crippen MR) is 70.5 cm³/mol. The fraction of sp³-hybridized carbons (Fsp3) is 0.467. The van der Waals surface area contributed by atoms with E-state index in [4.69, 9.17) is 4.74 Å². The summed E-state index contributed by atoms with van der Waals surface area (Å²) >= 11 is 0. The van der Waals surface area contributed by atoms with Crippen LogP contribution in [0, 0.1) is 5.92 Å². The minimum Gasteiger partial charge on any atom is -0.458 e. The molecule has 1 aliphatic carbocycles. The van der Waals surface area contributed by atoms with Crippen LogP contribution in [0.3, 0.4) is 0 Å². The van der Waals surface area contributed by atoms with Crippen LogP contribution in [0.1, 0.15) is 32.1 Å². The van der Waals surface area contributed by atoms with Crippen molar-refractivity contribution in [3.05, 3.63) is 30.3 Å². The minimum atomic E-state index is -0.532. The first-order chi connectivity index (χ1) is 9.20. The third-order valence-electron chi connectivity index (χ3n) is 4.13. The molecule has 2 aliphatic rings. The van der Waals surface area contributed by atoms with Crippen LogP contribution in [0.4, 0.5) is 5.69 Å². The maximum atomic E-state index is 12.4. The molecule has 19 heavy (non-hydrogen) atoms. The van der Waals surface area contributed by atoms with Crippen molar-refractivity contribution in [1.29, 1.82) is 0 Å². The predicted octanol–water partition coefficient (Wildman–Crippen LogP) is 2.50. The zero-order chi connectivity index (χ0) is 13.3. The lowest BCUT2D eigenvalue weighted by Crippen LogP contribution is -2.39. The molecular weight excluding hydrogens is 242 g/mol. The Morgan fingerprint density at radius 2 is 1.89 bits per heavy atom. The summed E-state index contributed by atoms with van der Waals surface area (Å²) in [7, 11) is 0. The van der Waals surface area contributed by atoms with Crippen molar-refractivity contribution in [2.45, 2.75) is 37.7 Å². The number of hydrogen-bond acceptors (Lipinski definition) is 3. The number of benzene rings is 1. The summed E-state index contributed by atoms with van der Waals surface area (Å²) in [5.74, 6) is -0.684. The van der Waals surface area contributed by atoms with Gasteiger partial charge in [0.2, 0.25) is 5.91 Å². The lowest BCUT2D eigenvalue weighted by molar-refractivity contribution is -0.149. The average Bonchev–Trinajstić information content (AvgIpc) is 2.99. The van der Waals surface area contributed by atoms with Gasteiger partial charge in [-0.2, -0.15) is 0 Å². The van der Waals surface area contributed by atoms with Crippen molar-refractivity contribution in [2.75, 3.05) is 5.32 Å². The van der Waals surface area contributed by atoms with E-state index in [0.717, 1.165) is 31.4 Å². The Bertz CT molecular complexity index is 491. The number of carbonyl (C=O) groups is 2. The Hall–Kier alpha value is -1.84. The first kappa shape index (κ1) is 12.2. The van der Waals surface area contributed by atoms with Crippen molar-refractivity contribution in [1.82, 2.24) is 0 Å². The summed E-state index contributed by atoms with van der Waals surface area (Å²) in [4.78, 5) is 23.9. The summed E-state index contributed by atoms with van der Waals surface area (Å²) in [5, 5.41) is 2.88. The van der Waals surface area contributed by atoms with Crippen LogP contribution in [0.5, 0.6) is 0 Å². The molecule has 2 fully saturated rings. The van der Waals surface area contributed by atoms with E-state index in [2.05, 4.69) is 5.32 Å². The van der Waals surface area contributed by atoms with E-state index >= 15 is 0 Å². The summed E-state index contributed by atoms with van der Waals surface area (Å²) in [5.41, 5.74) is 0.232. The van der Waals surface area contributed by atoms with Gasteiger partial charge in [0.1, 0.15) is 5.60 Å². The molecule has 0 unspecified atom stereocenters. The van der Waals surface area contributed by atoms with Gasteiger partial charge in [0, 0.05) is 5.69 Å². The van der Waals surface area contributed by atoms with Crippen molar-refractivity contribution in [2.24, 2.45) is 5.92 Å². The van der Waals surface area contributed by atoms with Gasteiger partial charge < -0.3 is 10.1 Å². The molecular formula is C15H17NO3. The number of hydrogen-bond donors (Lipinski definition) is 1. The summed E-state index contributed by atoms with van der Waals surface area (Å²) in [6.45, 7) is 0. The third-order valence-corrected chi connectivity index (χ3v) is 4.13. The van der Waals surface area contributed by atoms with E-state index in [0.29, 0.717) is 0 Å². The second-order valence-electron chi connectivity index (χ2n) is 5.36. The highest BCUT2D eigenvalue weighted by Gasteiger charge is 2.53. The molecule has 1 atom stereocenters. The highest BCUT2D eigenvalue weighted by atomic mass is 16.6. The first-order valence-corrected chi connectivity index (χ1v) is 6.77. The van der Waals surface area contributed by atoms with Gasteiger partial charge in [-0.3, -0.25) is 9.59 Å². The quantitative estimate of drug-likeness (QED) is 0.830.